The van der Waals surface area contributed by atoms with Gasteiger partial charge in [-0.3, -0.25) is 50.5 Å². The second-order valence-corrected chi connectivity index (χ2v) is 22.5. The van der Waals surface area contributed by atoms with Gasteiger partial charge >= 0.3 is 0 Å². The molecule has 10 nitrogen and oxygen atoms in total. The van der Waals surface area contributed by atoms with Crippen molar-refractivity contribution in [1.82, 2.24) is 21.7 Å². The molecule has 0 aromatic rings. The van der Waals surface area contributed by atoms with Crippen LogP contribution < -0.4 is 21.7 Å². The van der Waals surface area contributed by atoms with Crippen LogP contribution in [0.3, 0.4) is 0 Å². The van der Waals surface area contributed by atoms with E-state index in [0.29, 0.717) is 49.1 Å². The maximum Gasteiger partial charge on any atom is 0.244 e. The van der Waals surface area contributed by atoms with Crippen molar-refractivity contribution in [3.63, 3.8) is 0 Å². The molecule has 0 aromatic heterocycles. The number of unbranched alkanes of at least 4 members (excludes halogenated alkanes) is 1. The summed E-state index contributed by atoms with van der Waals surface area (Å²) in [5.41, 5.74) is 9.62. The molecule has 56 heavy (non-hydrogen) atoms. The van der Waals surface area contributed by atoms with Crippen molar-refractivity contribution < 1.29 is 28.8 Å². The molecule has 8 saturated carbocycles. The number of hydrogen-bond acceptors (Lipinski definition) is 6. The van der Waals surface area contributed by atoms with Crippen LogP contribution in [-0.2, 0) is 28.8 Å². The number of nitrogens with one attached hydrogen (secondary N) is 4. The number of carbonyl (C=O) groups excluding carboxylic acids is 6. The third-order valence-corrected chi connectivity index (χ3v) is 19.4. The number of ketones is 2. The summed E-state index contributed by atoms with van der Waals surface area (Å²) in [7, 11) is 0. The molecule has 0 saturated heterocycles. The molecule has 10 heteroatoms. The minimum atomic E-state index is -0.589. The quantitative estimate of drug-likeness (QED) is 0.155. The van der Waals surface area contributed by atoms with Gasteiger partial charge in [0.2, 0.25) is 23.6 Å². The van der Waals surface area contributed by atoms with Crippen LogP contribution in [0.2, 0.25) is 0 Å². The molecule has 2 spiro atoms. The van der Waals surface area contributed by atoms with Crippen LogP contribution in [0, 0.1) is 67.0 Å². The highest BCUT2D eigenvalue weighted by molar-refractivity contribution is 5.89. The first-order valence-corrected chi connectivity index (χ1v) is 22.5. The maximum absolute atomic E-state index is 13.9. The third kappa shape index (κ3) is 5.88. The zero-order chi connectivity index (χ0) is 40.2. The molecule has 4 N–H and O–H groups in total. The smallest absolute Gasteiger partial charge is 0.244 e. The standard InChI is InChI=1S/C46H70N4O6/c1-39-21-13-31-41(3)17-9-19-43(5,29(41)15-23-45(31,27-39)25-33(39)51)37(55)49-47-35(53)11-7-8-12-36(54)48-50-38(56)44(6)20-10-18-42(4)30(44)16-24-46-26-34(52)40(2,28-46)22-14-32(42)46/h29-32H,7-28H2,1-6H3,(H,47,53)(H,48,54)(H,49,55)(H,50,56)/t29-,30-,31-,32-,39-,40-,41+,42+,43+,44+,45-,46-/m0/s1. The number of rotatable bonds is 7. The highest BCUT2D eigenvalue weighted by Crippen LogP contribution is 2.74. The van der Waals surface area contributed by atoms with Crippen LogP contribution in [0.15, 0.2) is 0 Å². The molecule has 8 fully saturated rings. The molecule has 4 amide bonds. The minimum Gasteiger partial charge on any atom is -0.299 e. The highest BCUT2D eigenvalue weighted by Gasteiger charge is 2.69. The van der Waals surface area contributed by atoms with Gasteiger partial charge in [0.05, 0.1) is 10.8 Å². The first-order chi connectivity index (χ1) is 26.3. The molecule has 0 heterocycles. The lowest BCUT2D eigenvalue weighted by molar-refractivity contribution is -0.171. The Morgan fingerprint density at radius 1 is 0.500 bits per heavy atom. The Balaban J connectivity index is 0.778. The van der Waals surface area contributed by atoms with Gasteiger partial charge in [0.1, 0.15) is 11.6 Å². The average molecular weight is 775 g/mol. The number of fused-ring (bicyclic) bond motifs is 6. The molecular weight excluding hydrogens is 705 g/mol. The lowest BCUT2D eigenvalue weighted by Crippen LogP contribution is -2.61. The summed E-state index contributed by atoms with van der Waals surface area (Å²) < 4.78 is 0. The number of amides is 4. The van der Waals surface area contributed by atoms with E-state index in [2.05, 4.69) is 63.2 Å². The van der Waals surface area contributed by atoms with Crippen molar-refractivity contribution in [3.05, 3.63) is 0 Å². The van der Waals surface area contributed by atoms with E-state index < -0.39 is 10.8 Å². The predicted molar refractivity (Wildman–Crippen MR) is 212 cm³/mol. The van der Waals surface area contributed by atoms with Crippen molar-refractivity contribution >= 4 is 35.2 Å². The van der Waals surface area contributed by atoms with Crippen LogP contribution in [-0.4, -0.2) is 35.2 Å². The second-order valence-electron chi connectivity index (χ2n) is 22.5. The van der Waals surface area contributed by atoms with E-state index in [1.807, 2.05) is 0 Å². The Bertz CT molecular complexity index is 1590. The zero-order valence-electron chi connectivity index (χ0n) is 35.3. The number of hydrogen-bond donors (Lipinski definition) is 4. The Morgan fingerprint density at radius 3 is 1.27 bits per heavy atom. The normalized spacial score (nSPS) is 47.4. The largest absolute Gasteiger partial charge is 0.299 e. The summed E-state index contributed by atoms with van der Waals surface area (Å²) in [5, 5.41) is 0. The molecular formula is C46H70N4O6. The van der Waals surface area contributed by atoms with E-state index in [1.165, 1.54) is 0 Å². The average Bonchev–Trinajstić information content (AvgIpc) is 3.44. The van der Waals surface area contributed by atoms with Crippen LogP contribution in [0.5, 0.6) is 0 Å². The Labute approximate surface area is 334 Å². The van der Waals surface area contributed by atoms with Crippen LogP contribution >= 0.6 is 0 Å². The van der Waals surface area contributed by atoms with E-state index in [-0.39, 0.29) is 80.8 Å². The van der Waals surface area contributed by atoms with E-state index in [0.717, 1.165) is 103 Å². The summed E-state index contributed by atoms with van der Waals surface area (Å²) in [4.78, 5) is 79.6. The van der Waals surface area contributed by atoms with E-state index in [9.17, 15) is 28.8 Å². The fourth-order valence-electron chi connectivity index (χ4n) is 16.8. The van der Waals surface area contributed by atoms with Gasteiger partial charge in [0.25, 0.3) is 0 Å². The second kappa shape index (κ2) is 13.4. The highest BCUT2D eigenvalue weighted by atomic mass is 16.2. The van der Waals surface area contributed by atoms with Gasteiger partial charge in [-0.2, -0.15) is 0 Å². The SMILES string of the molecule is C[C@@]12CC[C@@H]3[C@@](CC[C@H]4[C@@]3(C)CCC[C@@]4(C)C(=O)NNC(=O)CCCCC(=O)NNC(=O)[C@]3(C)CCC[C@@]4(C)[C@@H]5CC[C@@]6(C)C[C@]5(CC[C@@H]43)CC6=O)(CC1=O)C2. The van der Waals surface area contributed by atoms with Crippen LogP contribution in [0.1, 0.15) is 183 Å². The van der Waals surface area contributed by atoms with Crippen molar-refractivity contribution in [2.24, 2.45) is 67.0 Å². The van der Waals surface area contributed by atoms with Gasteiger partial charge in [0.15, 0.2) is 0 Å². The summed E-state index contributed by atoms with van der Waals surface area (Å²) in [6, 6.07) is 0. The third-order valence-electron chi connectivity index (χ3n) is 19.4. The molecule has 8 rings (SSSR count). The fourth-order valence-corrected chi connectivity index (χ4v) is 16.8. The van der Waals surface area contributed by atoms with Gasteiger partial charge in [-0.05, 0) is 148 Å². The van der Waals surface area contributed by atoms with Crippen molar-refractivity contribution in [1.29, 1.82) is 0 Å². The predicted octanol–water partition coefficient (Wildman–Crippen LogP) is 7.59. The van der Waals surface area contributed by atoms with Crippen LogP contribution in [0.4, 0.5) is 0 Å². The number of hydrazine groups is 2. The summed E-state index contributed by atoms with van der Waals surface area (Å²) >= 11 is 0. The number of Topliss-reactive ketones (excluding diaryl/α,β-unsaturated/α-hetero) is 2. The molecule has 0 unspecified atom stereocenters. The first kappa shape index (κ1) is 40.0. The fraction of sp³-hybridized carbons (Fsp3) is 0.870. The van der Waals surface area contributed by atoms with Gasteiger partial charge < -0.3 is 0 Å². The molecule has 0 aromatic carbocycles. The molecule has 0 aliphatic heterocycles. The molecule has 0 radical (unpaired) electrons. The van der Waals surface area contributed by atoms with E-state index >= 15 is 0 Å². The van der Waals surface area contributed by atoms with Gasteiger partial charge in [-0.25, -0.2) is 0 Å². The van der Waals surface area contributed by atoms with Gasteiger partial charge in [-0.15, -0.1) is 0 Å². The van der Waals surface area contributed by atoms with Crippen LogP contribution in [0.25, 0.3) is 0 Å². The molecule has 8 aliphatic carbocycles. The molecule has 8 aliphatic rings. The lowest BCUT2D eigenvalue weighted by atomic mass is 9.40. The van der Waals surface area contributed by atoms with Crippen molar-refractivity contribution in [2.45, 2.75) is 183 Å². The topological polar surface area (TPSA) is 151 Å². The monoisotopic (exact) mass is 775 g/mol. The Hall–Kier alpha value is -2.78. The molecule has 12 atom stereocenters. The van der Waals surface area contributed by atoms with Crippen molar-refractivity contribution in [2.75, 3.05) is 0 Å². The molecule has 4 bridgehead atoms. The van der Waals surface area contributed by atoms with Crippen molar-refractivity contribution in [3.8, 4) is 0 Å². The van der Waals surface area contributed by atoms with E-state index in [1.54, 1.807) is 0 Å². The van der Waals surface area contributed by atoms with Gasteiger partial charge in [0, 0.05) is 36.5 Å². The van der Waals surface area contributed by atoms with E-state index in [4.69, 9.17) is 0 Å². The Kier molecular flexibility index (Phi) is 9.56. The lowest BCUT2D eigenvalue weighted by Gasteiger charge is -2.64. The molecule has 310 valence electrons. The summed E-state index contributed by atoms with van der Waals surface area (Å²) in [5.74, 6) is 1.43. The minimum absolute atomic E-state index is 0.00264. The Morgan fingerprint density at radius 2 is 0.875 bits per heavy atom. The van der Waals surface area contributed by atoms with Gasteiger partial charge in [-0.1, -0.05) is 54.4 Å². The maximum atomic E-state index is 13.9. The summed E-state index contributed by atoms with van der Waals surface area (Å²) in [6.45, 7) is 13.3. The first-order valence-electron chi connectivity index (χ1n) is 22.5. The number of carbonyl (C=O) groups is 6. The zero-order valence-corrected chi connectivity index (χ0v) is 35.3. The summed E-state index contributed by atoms with van der Waals surface area (Å²) in [6.07, 6.45) is 18.4.